The molecule has 3 unspecified atom stereocenters. The molecule has 11 nitrogen and oxygen atoms in total. The third kappa shape index (κ3) is 47.3. The molecule has 0 amide bonds. The normalized spacial score (nSPS) is 13.5. The van der Waals surface area contributed by atoms with Gasteiger partial charge in [-0.1, -0.05) is 226 Å². The molecule has 390 valence electrons. The van der Waals surface area contributed by atoms with E-state index in [4.69, 9.17) is 23.3 Å². The molecule has 0 aliphatic heterocycles. The van der Waals surface area contributed by atoms with Gasteiger partial charge in [-0.05, 0) is 44.9 Å². The molecule has 3 atom stereocenters. The fraction of sp³-hybridized carbons (Fsp3) is 0.907. The second-order valence-corrected chi connectivity index (χ2v) is 20.2. The van der Waals surface area contributed by atoms with E-state index in [-0.39, 0.29) is 25.9 Å². The van der Waals surface area contributed by atoms with Crippen molar-refractivity contribution < 1.29 is 52.2 Å². The first kappa shape index (κ1) is 64.2. The first-order chi connectivity index (χ1) is 32.2. The van der Waals surface area contributed by atoms with Crippen LogP contribution in [0, 0.1) is 0 Å². The summed E-state index contributed by atoms with van der Waals surface area (Å²) >= 11 is 0. The summed E-state index contributed by atoms with van der Waals surface area (Å²) in [7, 11) is -4.73. The van der Waals surface area contributed by atoms with Gasteiger partial charge in [-0.15, -0.1) is 0 Å². The lowest BCUT2D eigenvalue weighted by atomic mass is 10.0. The molecule has 0 spiro atoms. The lowest BCUT2D eigenvalue weighted by Crippen LogP contribution is -2.30. The number of hydrogen-bond donors (Lipinski definition) is 2. The monoisotopic (exact) mass is 959 g/mol. The summed E-state index contributed by atoms with van der Waals surface area (Å²) in [6, 6.07) is 0. The second-order valence-electron chi connectivity index (χ2n) is 18.8. The number of phosphoric acid groups is 1. The highest BCUT2D eigenvalue weighted by molar-refractivity contribution is 7.47. The molecule has 0 aliphatic rings. The topological polar surface area (TPSA) is 155 Å². The minimum Gasteiger partial charge on any atom is -0.462 e. The summed E-state index contributed by atoms with van der Waals surface area (Å²) in [6.45, 7) is 4.65. The van der Waals surface area contributed by atoms with Crippen LogP contribution in [0.25, 0.3) is 0 Å². The van der Waals surface area contributed by atoms with Crippen LogP contribution in [0.2, 0.25) is 0 Å². The Morgan fingerprint density at radius 1 is 0.409 bits per heavy atom. The van der Waals surface area contributed by atoms with Crippen molar-refractivity contribution in [3.63, 3.8) is 0 Å². The van der Waals surface area contributed by atoms with E-state index in [0.717, 1.165) is 77.0 Å². The summed E-state index contributed by atoms with van der Waals surface area (Å²) < 4.78 is 39.4. The molecule has 0 aromatic heterocycles. The predicted molar refractivity (Wildman–Crippen MR) is 270 cm³/mol. The molecule has 0 aromatic rings. The Labute approximate surface area is 405 Å². The highest BCUT2D eigenvalue weighted by Crippen LogP contribution is 2.43. The molecule has 12 heteroatoms. The van der Waals surface area contributed by atoms with Gasteiger partial charge in [0.05, 0.1) is 19.8 Å². The Morgan fingerprint density at radius 3 is 1.06 bits per heavy atom. The standard InChI is InChI=1S/C54H103O11P/c1-4-7-10-13-16-19-22-25-28-31-34-37-40-43-52(56)61-47-51(65-54(58)45-42-39-36-33-30-27-24-21-18-15-12-9-6-3)49-63-66(59,60)62-48-50(46-55)64-53(57)44-41-38-35-32-29-26-23-20-17-14-11-8-5-2/h21,24,50-51,55H,4-20,22-23,25-49H2,1-3H3,(H,59,60)/b24-21-. The first-order valence-electron chi connectivity index (χ1n) is 27.6. The van der Waals surface area contributed by atoms with Crippen LogP contribution in [0.5, 0.6) is 0 Å². The summed E-state index contributed by atoms with van der Waals surface area (Å²) in [6.07, 6.45) is 46.0. The number of allylic oxidation sites excluding steroid dienone is 2. The van der Waals surface area contributed by atoms with E-state index in [9.17, 15) is 28.9 Å². The molecular weight excluding hydrogens is 856 g/mol. The zero-order valence-electron chi connectivity index (χ0n) is 42.9. The van der Waals surface area contributed by atoms with E-state index in [1.165, 1.54) is 141 Å². The zero-order valence-corrected chi connectivity index (χ0v) is 43.8. The molecule has 66 heavy (non-hydrogen) atoms. The van der Waals surface area contributed by atoms with E-state index in [1.54, 1.807) is 0 Å². The van der Waals surface area contributed by atoms with Crippen molar-refractivity contribution >= 4 is 25.7 Å². The molecule has 2 N–H and O–H groups in total. The predicted octanol–water partition coefficient (Wildman–Crippen LogP) is 15.7. The van der Waals surface area contributed by atoms with Gasteiger partial charge in [-0.25, -0.2) is 4.57 Å². The van der Waals surface area contributed by atoms with Crippen molar-refractivity contribution in [1.29, 1.82) is 0 Å². The number of unbranched alkanes of at least 4 members (excludes halogenated alkanes) is 33. The van der Waals surface area contributed by atoms with Gasteiger partial charge in [0.25, 0.3) is 0 Å². The molecule has 0 saturated heterocycles. The number of phosphoric ester groups is 1. The molecule has 0 saturated carbocycles. The first-order valence-corrected chi connectivity index (χ1v) is 29.1. The van der Waals surface area contributed by atoms with Gasteiger partial charge in [0, 0.05) is 19.3 Å². The zero-order chi connectivity index (χ0) is 48.4. The fourth-order valence-corrected chi connectivity index (χ4v) is 8.72. The van der Waals surface area contributed by atoms with Crippen LogP contribution < -0.4 is 0 Å². The number of carbonyl (C=O) groups is 3. The van der Waals surface area contributed by atoms with Gasteiger partial charge in [0.2, 0.25) is 0 Å². The molecule has 0 aliphatic carbocycles. The Bertz CT molecular complexity index is 1160. The van der Waals surface area contributed by atoms with E-state index < -0.39 is 57.8 Å². The van der Waals surface area contributed by atoms with Crippen LogP contribution in [0.4, 0.5) is 0 Å². The minimum absolute atomic E-state index is 0.164. The maximum absolute atomic E-state index is 12.9. The Kier molecular flexibility index (Phi) is 48.3. The van der Waals surface area contributed by atoms with E-state index in [2.05, 4.69) is 32.9 Å². The van der Waals surface area contributed by atoms with Gasteiger partial charge in [0.1, 0.15) is 12.7 Å². The molecule has 0 radical (unpaired) electrons. The number of aliphatic hydroxyl groups excluding tert-OH is 1. The van der Waals surface area contributed by atoms with Crippen LogP contribution in [0.1, 0.15) is 278 Å². The van der Waals surface area contributed by atoms with Crippen molar-refractivity contribution in [1.82, 2.24) is 0 Å². The molecule has 0 heterocycles. The quantitative estimate of drug-likeness (QED) is 0.0197. The number of aliphatic hydroxyl groups is 1. The van der Waals surface area contributed by atoms with Crippen molar-refractivity contribution in [3.8, 4) is 0 Å². The third-order valence-corrected chi connectivity index (χ3v) is 13.1. The number of hydrogen-bond acceptors (Lipinski definition) is 10. The van der Waals surface area contributed by atoms with Crippen molar-refractivity contribution in [2.45, 2.75) is 290 Å². The molecule has 0 rings (SSSR count). The number of ether oxygens (including phenoxy) is 3. The summed E-state index contributed by atoms with van der Waals surface area (Å²) in [5.41, 5.74) is 0. The fourth-order valence-electron chi connectivity index (χ4n) is 7.94. The van der Waals surface area contributed by atoms with Gasteiger partial charge in [-0.3, -0.25) is 23.4 Å². The molecular formula is C54H103O11P. The van der Waals surface area contributed by atoms with Crippen LogP contribution in [0.3, 0.4) is 0 Å². The lowest BCUT2D eigenvalue weighted by molar-refractivity contribution is -0.161. The van der Waals surface area contributed by atoms with E-state index >= 15 is 0 Å². The van der Waals surface area contributed by atoms with Gasteiger partial charge < -0.3 is 24.2 Å². The highest BCUT2D eigenvalue weighted by atomic mass is 31.2. The van der Waals surface area contributed by atoms with E-state index in [0.29, 0.717) is 19.3 Å². The molecule has 0 aromatic carbocycles. The van der Waals surface area contributed by atoms with Crippen molar-refractivity contribution in [2.24, 2.45) is 0 Å². The smallest absolute Gasteiger partial charge is 0.462 e. The molecule has 0 bridgehead atoms. The maximum atomic E-state index is 12.9. The minimum atomic E-state index is -4.73. The number of rotatable bonds is 52. The Hall–Kier alpha value is -1.78. The summed E-state index contributed by atoms with van der Waals surface area (Å²) in [4.78, 5) is 48.3. The molecule has 0 fully saturated rings. The van der Waals surface area contributed by atoms with Crippen LogP contribution >= 0.6 is 7.82 Å². The third-order valence-electron chi connectivity index (χ3n) is 12.2. The largest absolute Gasteiger partial charge is 0.472 e. The van der Waals surface area contributed by atoms with E-state index in [1.807, 2.05) is 0 Å². The maximum Gasteiger partial charge on any atom is 0.472 e. The van der Waals surface area contributed by atoms with Crippen LogP contribution in [0.15, 0.2) is 12.2 Å². The average Bonchev–Trinajstić information content (AvgIpc) is 3.30. The van der Waals surface area contributed by atoms with Gasteiger partial charge in [0.15, 0.2) is 6.10 Å². The summed E-state index contributed by atoms with van der Waals surface area (Å²) in [5, 5.41) is 9.78. The summed E-state index contributed by atoms with van der Waals surface area (Å²) in [5.74, 6) is -1.45. The van der Waals surface area contributed by atoms with Crippen molar-refractivity contribution in [2.75, 3.05) is 26.4 Å². The number of esters is 3. The van der Waals surface area contributed by atoms with Gasteiger partial charge in [-0.2, -0.15) is 0 Å². The Morgan fingerprint density at radius 2 is 0.697 bits per heavy atom. The lowest BCUT2D eigenvalue weighted by Gasteiger charge is -2.21. The van der Waals surface area contributed by atoms with Crippen molar-refractivity contribution in [3.05, 3.63) is 12.2 Å². The van der Waals surface area contributed by atoms with Crippen LogP contribution in [-0.4, -0.2) is 66.5 Å². The Balaban J connectivity index is 4.69. The number of carbonyl (C=O) groups excluding carboxylic acids is 3. The van der Waals surface area contributed by atoms with Gasteiger partial charge >= 0.3 is 25.7 Å². The highest BCUT2D eigenvalue weighted by Gasteiger charge is 2.28. The second kappa shape index (κ2) is 49.6. The van der Waals surface area contributed by atoms with Crippen LogP contribution in [-0.2, 0) is 42.2 Å². The SMILES string of the molecule is CCCCCC/C=C\CCCCCCCC(=O)OC(COC(=O)CCCCCCCCCCCCCCC)COP(=O)(O)OCC(CO)OC(=O)CCCCCCCCCCCCCCC. The average molecular weight is 959 g/mol.